The lowest BCUT2D eigenvalue weighted by atomic mass is 10.1. The van der Waals surface area contributed by atoms with Crippen LogP contribution in [0.15, 0.2) is 77.7 Å². The van der Waals surface area contributed by atoms with Gasteiger partial charge in [-0.15, -0.1) is 11.8 Å². The van der Waals surface area contributed by atoms with Gasteiger partial charge < -0.3 is 10.6 Å². The van der Waals surface area contributed by atoms with Gasteiger partial charge in [-0.25, -0.2) is 0 Å². The second kappa shape index (κ2) is 9.43. The van der Waals surface area contributed by atoms with E-state index in [2.05, 4.69) is 16.7 Å². The number of aryl methyl sites for hydroxylation is 2. The molecule has 4 nitrogen and oxygen atoms in total. The van der Waals surface area contributed by atoms with Crippen LogP contribution in [0.25, 0.3) is 0 Å². The van der Waals surface area contributed by atoms with E-state index in [-0.39, 0.29) is 11.8 Å². The molecular formula is C24H24N2O2S. The molecule has 3 aromatic rings. The van der Waals surface area contributed by atoms with Crippen LogP contribution in [0.3, 0.4) is 0 Å². The molecule has 1 unspecified atom stereocenters. The third-order valence-corrected chi connectivity index (χ3v) is 5.64. The summed E-state index contributed by atoms with van der Waals surface area (Å²) in [5, 5.41) is 5.43. The van der Waals surface area contributed by atoms with Crippen molar-refractivity contribution in [3.63, 3.8) is 0 Å². The fourth-order valence-corrected chi connectivity index (χ4v) is 4.12. The van der Waals surface area contributed by atoms with Crippen LogP contribution in [0.5, 0.6) is 0 Å². The van der Waals surface area contributed by atoms with Gasteiger partial charge in [0.2, 0.25) is 11.8 Å². The highest BCUT2D eigenvalue weighted by molar-refractivity contribution is 8.00. The minimum Gasteiger partial charge on any atom is -0.326 e. The van der Waals surface area contributed by atoms with Crippen molar-refractivity contribution in [2.24, 2.45) is 0 Å². The Morgan fingerprint density at radius 1 is 0.862 bits per heavy atom. The minimum absolute atomic E-state index is 0.0851. The highest BCUT2D eigenvalue weighted by Crippen LogP contribution is 2.37. The number of hydrogen-bond acceptors (Lipinski definition) is 3. The molecule has 5 heteroatoms. The summed E-state index contributed by atoms with van der Waals surface area (Å²) in [6, 6.07) is 23.2. The SMILES string of the molecule is CC(=O)Nc1cccc(SC(C(=O)Nc2ccc(C)cc2C)c2ccccc2)c1. The molecule has 3 aromatic carbocycles. The maximum absolute atomic E-state index is 13.2. The molecule has 0 aliphatic carbocycles. The van der Waals surface area contributed by atoms with Crippen molar-refractivity contribution in [3.8, 4) is 0 Å². The molecule has 0 heterocycles. The van der Waals surface area contributed by atoms with Crippen molar-refractivity contribution in [1.82, 2.24) is 0 Å². The summed E-state index contributed by atoms with van der Waals surface area (Å²) >= 11 is 1.46. The molecule has 0 bridgehead atoms. The van der Waals surface area contributed by atoms with E-state index in [1.54, 1.807) is 0 Å². The Morgan fingerprint density at radius 2 is 1.62 bits per heavy atom. The number of amides is 2. The molecule has 0 fully saturated rings. The first-order valence-corrected chi connectivity index (χ1v) is 10.3. The number of carbonyl (C=O) groups excluding carboxylic acids is 2. The normalized spacial score (nSPS) is 11.6. The average molecular weight is 405 g/mol. The Balaban J connectivity index is 1.87. The van der Waals surface area contributed by atoms with Crippen LogP contribution >= 0.6 is 11.8 Å². The van der Waals surface area contributed by atoms with Gasteiger partial charge >= 0.3 is 0 Å². The standard InChI is InChI=1S/C24H24N2O2S/c1-16-12-13-22(17(2)14-16)26-24(28)23(19-8-5-4-6-9-19)29-21-11-7-10-20(15-21)25-18(3)27/h4-15,23H,1-3H3,(H,25,27)(H,26,28). The Bertz CT molecular complexity index is 1020. The second-order valence-corrected chi connectivity index (χ2v) is 8.10. The highest BCUT2D eigenvalue weighted by Gasteiger charge is 2.23. The molecule has 2 N–H and O–H groups in total. The highest BCUT2D eigenvalue weighted by atomic mass is 32.2. The summed E-state index contributed by atoms with van der Waals surface area (Å²) in [6.45, 7) is 5.50. The molecule has 2 amide bonds. The number of carbonyl (C=O) groups is 2. The van der Waals surface area contributed by atoms with Crippen LogP contribution < -0.4 is 10.6 Å². The quantitative estimate of drug-likeness (QED) is 0.516. The molecule has 0 saturated heterocycles. The lowest BCUT2D eigenvalue weighted by Gasteiger charge is -2.18. The van der Waals surface area contributed by atoms with E-state index in [0.29, 0.717) is 5.69 Å². The zero-order valence-corrected chi connectivity index (χ0v) is 17.5. The molecule has 0 aliphatic heterocycles. The lowest BCUT2D eigenvalue weighted by molar-refractivity contribution is -0.116. The van der Waals surface area contributed by atoms with Gasteiger partial charge in [0.1, 0.15) is 5.25 Å². The average Bonchev–Trinajstić information content (AvgIpc) is 2.68. The number of thioether (sulfide) groups is 1. The predicted molar refractivity (Wildman–Crippen MR) is 120 cm³/mol. The zero-order chi connectivity index (χ0) is 20.8. The van der Waals surface area contributed by atoms with Crippen molar-refractivity contribution < 1.29 is 9.59 Å². The summed E-state index contributed by atoms with van der Waals surface area (Å²) in [5.74, 6) is -0.211. The van der Waals surface area contributed by atoms with Gasteiger partial charge in [0.25, 0.3) is 0 Å². The van der Waals surface area contributed by atoms with Crippen molar-refractivity contribution in [2.75, 3.05) is 10.6 Å². The number of benzene rings is 3. The molecule has 1 atom stereocenters. The number of hydrogen-bond donors (Lipinski definition) is 2. The van der Waals surface area contributed by atoms with Gasteiger partial charge in [-0.1, -0.05) is 54.1 Å². The molecule has 148 valence electrons. The molecule has 0 spiro atoms. The van der Waals surface area contributed by atoms with Crippen LogP contribution in [-0.2, 0) is 9.59 Å². The number of nitrogens with one attached hydrogen (secondary N) is 2. The topological polar surface area (TPSA) is 58.2 Å². The Kier molecular flexibility index (Phi) is 6.73. The summed E-state index contributed by atoms with van der Waals surface area (Å²) in [6.07, 6.45) is 0. The van der Waals surface area contributed by atoms with E-state index >= 15 is 0 Å². The molecule has 0 radical (unpaired) electrons. The molecule has 0 aromatic heterocycles. The summed E-state index contributed by atoms with van der Waals surface area (Å²) in [4.78, 5) is 25.5. The number of rotatable bonds is 6. The van der Waals surface area contributed by atoms with Gasteiger partial charge in [-0.2, -0.15) is 0 Å². The molecule has 0 saturated carbocycles. The largest absolute Gasteiger partial charge is 0.326 e. The third-order valence-electron chi connectivity index (χ3n) is 4.39. The van der Waals surface area contributed by atoms with E-state index in [9.17, 15) is 9.59 Å². The van der Waals surface area contributed by atoms with Crippen LogP contribution in [-0.4, -0.2) is 11.8 Å². The smallest absolute Gasteiger partial charge is 0.242 e. The first kappa shape index (κ1) is 20.7. The first-order valence-electron chi connectivity index (χ1n) is 9.40. The van der Waals surface area contributed by atoms with Gasteiger partial charge in [-0.05, 0) is 49.2 Å². The molecular weight excluding hydrogens is 380 g/mol. The Labute approximate surface area is 175 Å². The minimum atomic E-state index is -0.426. The van der Waals surface area contributed by atoms with E-state index in [1.165, 1.54) is 18.7 Å². The van der Waals surface area contributed by atoms with E-state index in [4.69, 9.17) is 0 Å². The Morgan fingerprint density at radius 3 is 2.31 bits per heavy atom. The third kappa shape index (κ3) is 5.72. The first-order chi connectivity index (χ1) is 13.9. The molecule has 29 heavy (non-hydrogen) atoms. The summed E-state index contributed by atoms with van der Waals surface area (Å²) in [7, 11) is 0. The maximum Gasteiger partial charge on any atom is 0.242 e. The summed E-state index contributed by atoms with van der Waals surface area (Å²) in [5.41, 5.74) is 4.63. The molecule has 3 rings (SSSR count). The van der Waals surface area contributed by atoms with Crippen molar-refractivity contribution in [1.29, 1.82) is 0 Å². The van der Waals surface area contributed by atoms with Crippen molar-refractivity contribution in [3.05, 3.63) is 89.5 Å². The van der Waals surface area contributed by atoms with E-state index in [0.717, 1.165) is 27.3 Å². The maximum atomic E-state index is 13.2. The Hall–Kier alpha value is -3.05. The van der Waals surface area contributed by atoms with Gasteiger partial charge in [0.15, 0.2) is 0 Å². The van der Waals surface area contributed by atoms with Gasteiger partial charge in [0.05, 0.1) is 0 Å². The van der Waals surface area contributed by atoms with Crippen LogP contribution in [0.1, 0.15) is 28.9 Å². The molecule has 0 aliphatic rings. The van der Waals surface area contributed by atoms with Crippen molar-refractivity contribution >= 4 is 35.0 Å². The number of anilines is 2. The van der Waals surface area contributed by atoms with Crippen LogP contribution in [0.4, 0.5) is 11.4 Å². The second-order valence-electron chi connectivity index (χ2n) is 6.93. The fraction of sp³-hybridized carbons (Fsp3) is 0.167. The summed E-state index contributed by atoms with van der Waals surface area (Å²) < 4.78 is 0. The lowest BCUT2D eigenvalue weighted by Crippen LogP contribution is -2.19. The van der Waals surface area contributed by atoms with Crippen LogP contribution in [0, 0.1) is 13.8 Å². The van der Waals surface area contributed by atoms with E-state index < -0.39 is 5.25 Å². The fourth-order valence-electron chi connectivity index (χ4n) is 3.04. The van der Waals surface area contributed by atoms with Gasteiger partial charge in [0, 0.05) is 23.2 Å². The van der Waals surface area contributed by atoms with E-state index in [1.807, 2.05) is 80.6 Å². The van der Waals surface area contributed by atoms with Crippen LogP contribution in [0.2, 0.25) is 0 Å². The van der Waals surface area contributed by atoms with Crippen molar-refractivity contribution in [2.45, 2.75) is 30.9 Å². The zero-order valence-electron chi connectivity index (χ0n) is 16.7. The monoisotopic (exact) mass is 404 g/mol. The van der Waals surface area contributed by atoms with Gasteiger partial charge in [-0.3, -0.25) is 9.59 Å². The predicted octanol–water partition coefficient (Wildman–Crippen LogP) is 5.73.